The lowest BCUT2D eigenvalue weighted by atomic mass is 10.2. The van der Waals surface area contributed by atoms with Gasteiger partial charge in [0, 0.05) is 4.88 Å². The molecule has 0 radical (unpaired) electrons. The Kier molecular flexibility index (Phi) is 5.41. The van der Waals surface area contributed by atoms with Crippen molar-refractivity contribution in [2.45, 2.75) is 40.0 Å². The van der Waals surface area contributed by atoms with Crippen LogP contribution in [0.15, 0.2) is 33.9 Å². The normalized spacial score (nSPS) is 12.1. The molecule has 0 spiro atoms. The van der Waals surface area contributed by atoms with Gasteiger partial charge in [0.1, 0.15) is 17.1 Å². The van der Waals surface area contributed by atoms with Gasteiger partial charge < -0.3 is 14.5 Å². The topological polar surface area (TPSA) is 103 Å². The first-order valence-electron chi connectivity index (χ1n) is 8.31. The van der Waals surface area contributed by atoms with Crippen LogP contribution in [0.4, 0.5) is 0 Å². The number of carbonyl (C=O) groups excluding carboxylic acids is 2. The van der Waals surface area contributed by atoms with Gasteiger partial charge in [0.15, 0.2) is 6.10 Å². The molecule has 3 rings (SSSR count). The average Bonchev–Trinajstić information content (AvgIpc) is 3.24. The van der Waals surface area contributed by atoms with E-state index in [1.165, 1.54) is 35.4 Å². The maximum absolute atomic E-state index is 12.6. The quantitative estimate of drug-likeness (QED) is 0.646. The fourth-order valence-electron chi connectivity index (χ4n) is 2.54. The summed E-state index contributed by atoms with van der Waals surface area (Å²) in [5, 5.41) is 3.12. The van der Waals surface area contributed by atoms with Gasteiger partial charge in [-0.15, -0.1) is 11.3 Å². The second-order valence-electron chi connectivity index (χ2n) is 6.07. The predicted molar refractivity (Wildman–Crippen MR) is 99.5 cm³/mol. The van der Waals surface area contributed by atoms with Crippen molar-refractivity contribution in [2.24, 2.45) is 0 Å². The van der Waals surface area contributed by atoms with E-state index < -0.39 is 18.0 Å². The van der Waals surface area contributed by atoms with Gasteiger partial charge >= 0.3 is 5.97 Å². The fraction of sp³-hybridized carbons (Fsp3) is 0.333. The molecule has 1 atom stereocenters. The molecule has 1 amide bonds. The number of esters is 1. The molecule has 142 valence electrons. The van der Waals surface area contributed by atoms with Gasteiger partial charge in [0.05, 0.1) is 24.5 Å². The van der Waals surface area contributed by atoms with Crippen LogP contribution in [0.25, 0.3) is 10.2 Å². The Bertz CT molecular complexity index is 1040. The predicted octanol–water partition coefficient (Wildman–Crippen LogP) is 1.92. The first-order chi connectivity index (χ1) is 12.9. The Hall–Kier alpha value is -2.94. The van der Waals surface area contributed by atoms with Crippen molar-refractivity contribution >= 4 is 33.4 Å². The van der Waals surface area contributed by atoms with E-state index in [1.807, 2.05) is 13.8 Å². The first-order valence-corrected chi connectivity index (χ1v) is 9.13. The van der Waals surface area contributed by atoms with Gasteiger partial charge in [0.2, 0.25) is 0 Å². The molecule has 0 aliphatic carbocycles. The Labute approximate surface area is 158 Å². The van der Waals surface area contributed by atoms with Crippen molar-refractivity contribution in [3.63, 3.8) is 0 Å². The zero-order valence-corrected chi connectivity index (χ0v) is 16.0. The minimum absolute atomic E-state index is 0.199. The minimum Gasteiger partial charge on any atom is -0.467 e. The maximum atomic E-state index is 12.6. The highest BCUT2D eigenvalue weighted by molar-refractivity contribution is 7.18. The molecule has 0 bridgehead atoms. The van der Waals surface area contributed by atoms with Crippen LogP contribution in [0, 0.1) is 13.8 Å². The van der Waals surface area contributed by atoms with Crippen molar-refractivity contribution < 1.29 is 18.7 Å². The summed E-state index contributed by atoms with van der Waals surface area (Å²) in [6, 6.07) is 3.44. The second-order valence-corrected chi connectivity index (χ2v) is 7.27. The van der Waals surface area contributed by atoms with Crippen LogP contribution >= 0.6 is 11.3 Å². The van der Waals surface area contributed by atoms with Crippen molar-refractivity contribution in [3.05, 3.63) is 51.3 Å². The lowest BCUT2D eigenvalue weighted by molar-refractivity contribution is -0.155. The number of fused-ring (bicyclic) bond motifs is 1. The van der Waals surface area contributed by atoms with Crippen LogP contribution in [0.5, 0.6) is 0 Å². The number of ether oxygens (including phenoxy) is 1. The molecule has 3 aromatic rings. The molecule has 0 aliphatic rings. The molecule has 1 N–H and O–H groups in total. The van der Waals surface area contributed by atoms with Gasteiger partial charge in [-0.25, -0.2) is 4.98 Å². The fourth-order valence-corrected chi connectivity index (χ4v) is 3.53. The molecule has 3 aromatic heterocycles. The Balaban J connectivity index is 1.62. The van der Waals surface area contributed by atoms with Crippen LogP contribution in [0.1, 0.15) is 23.1 Å². The van der Waals surface area contributed by atoms with Gasteiger partial charge in [-0.05, 0) is 38.5 Å². The second kappa shape index (κ2) is 7.75. The number of nitrogens with zero attached hydrogens (tertiary/aromatic N) is 2. The monoisotopic (exact) mass is 389 g/mol. The number of aryl methyl sites for hydroxylation is 2. The highest BCUT2D eigenvalue weighted by Gasteiger charge is 2.19. The highest BCUT2D eigenvalue weighted by atomic mass is 32.1. The number of carbonyl (C=O) groups is 2. The summed E-state index contributed by atoms with van der Waals surface area (Å²) in [7, 11) is 0. The summed E-state index contributed by atoms with van der Waals surface area (Å²) < 4.78 is 11.4. The molecular formula is C18H19N3O5S. The lowest BCUT2D eigenvalue weighted by Gasteiger charge is -2.13. The number of hydrogen-bond acceptors (Lipinski definition) is 7. The van der Waals surface area contributed by atoms with Crippen LogP contribution in [0.3, 0.4) is 0 Å². The molecule has 0 unspecified atom stereocenters. The lowest BCUT2D eigenvalue weighted by Crippen LogP contribution is -2.36. The maximum Gasteiger partial charge on any atom is 0.326 e. The number of hydrogen-bond donors (Lipinski definition) is 1. The summed E-state index contributed by atoms with van der Waals surface area (Å²) in [5.41, 5.74) is 0.564. The Morgan fingerprint density at radius 2 is 2.19 bits per heavy atom. The van der Waals surface area contributed by atoms with E-state index in [0.717, 1.165) is 10.4 Å². The first kappa shape index (κ1) is 18.8. The number of nitrogens with one attached hydrogen (secondary N) is 1. The van der Waals surface area contributed by atoms with Crippen LogP contribution < -0.4 is 10.9 Å². The van der Waals surface area contributed by atoms with E-state index in [4.69, 9.17) is 9.15 Å². The Morgan fingerprint density at radius 3 is 2.89 bits per heavy atom. The summed E-state index contributed by atoms with van der Waals surface area (Å²) in [6.45, 7) is 5.12. The van der Waals surface area contributed by atoms with E-state index in [-0.39, 0.29) is 18.6 Å². The van der Waals surface area contributed by atoms with Crippen LogP contribution in [0.2, 0.25) is 0 Å². The highest BCUT2D eigenvalue weighted by Crippen LogP contribution is 2.25. The van der Waals surface area contributed by atoms with E-state index in [1.54, 1.807) is 12.1 Å². The largest absolute Gasteiger partial charge is 0.467 e. The number of thiophene rings is 1. The molecule has 27 heavy (non-hydrogen) atoms. The standard InChI is InChI=1S/C18H19N3O5S/c1-10-12(3)27-17-15(10)18(24)21(9-20-17)8-14(22)26-11(2)16(23)19-7-13-5-4-6-25-13/h4-6,9,11H,7-8H2,1-3H3,(H,19,23)/t11-/m0/s1. The van der Waals surface area contributed by atoms with Crippen LogP contribution in [-0.4, -0.2) is 27.5 Å². The number of furan rings is 1. The van der Waals surface area contributed by atoms with E-state index >= 15 is 0 Å². The molecule has 0 aliphatic heterocycles. The van der Waals surface area contributed by atoms with Gasteiger partial charge in [-0.3, -0.25) is 19.0 Å². The molecule has 8 nitrogen and oxygen atoms in total. The third-order valence-corrected chi connectivity index (χ3v) is 5.26. The summed E-state index contributed by atoms with van der Waals surface area (Å²) in [6.07, 6.45) is 1.83. The molecular weight excluding hydrogens is 370 g/mol. The molecule has 0 saturated carbocycles. The zero-order chi connectivity index (χ0) is 19.6. The smallest absolute Gasteiger partial charge is 0.326 e. The number of rotatable bonds is 6. The van der Waals surface area contributed by atoms with Crippen molar-refractivity contribution in [3.8, 4) is 0 Å². The van der Waals surface area contributed by atoms with Crippen molar-refractivity contribution in [1.82, 2.24) is 14.9 Å². The van der Waals surface area contributed by atoms with Gasteiger partial charge in [-0.1, -0.05) is 0 Å². The Morgan fingerprint density at radius 1 is 1.41 bits per heavy atom. The van der Waals surface area contributed by atoms with Crippen LogP contribution in [-0.2, 0) is 27.4 Å². The number of aromatic nitrogens is 2. The third-order valence-electron chi connectivity index (χ3n) is 4.15. The molecule has 0 fully saturated rings. The molecule has 3 heterocycles. The average molecular weight is 389 g/mol. The van der Waals surface area contributed by atoms with E-state index in [2.05, 4.69) is 10.3 Å². The summed E-state index contributed by atoms with van der Waals surface area (Å²) in [5.74, 6) is -0.553. The van der Waals surface area contributed by atoms with E-state index in [0.29, 0.717) is 16.0 Å². The van der Waals surface area contributed by atoms with Gasteiger partial charge in [-0.2, -0.15) is 0 Å². The summed E-state index contributed by atoms with van der Waals surface area (Å²) in [4.78, 5) is 42.6. The molecule has 0 saturated heterocycles. The minimum atomic E-state index is -0.995. The van der Waals surface area contributed by atoms with E-state index in [9.17, 15) is 14.4 Å². The van der Waals surface area contributed by atoms with Crippen molar-refractivity contribution in [1.29, 1.82) is 0 Å². The number of amides is 1. The molecule has 0 aromatic carbocycles. The van der Waals surface area contributed by atoms with Gasteiger partial charge in [0.25, 0.3) is 11.5 Å². The zero-order valence-electron chi connectivity index (χ0n) is 15.1. The molecule has 9 heteroatoms. The third kappa shape index (κ3) is 4.08. The SMILES string of the molecule is Cc1sc2ncn(CC(=O)O[C@@H](C)C(=O)NCc3ccco3)c(=O)c2c1C. The van der Waals surface area contributed by atoms with Crippen molar-refractivity contribution in [2.75, 3.05) is 0 Å². The summed E-state index contributed by atoms with van der Waals surface area (Å²) >= 11 is 1.44.